The molecule has 0 radical (unpaired) electrons. The molecule has 7 heteroatoms. The lowest BCUT2D eigenvalue weighted by Gasteiger charge is -2.31. The number of fused-ring (bicyclic) bond motifs is 1. The van der Waals surface area contributed by atoms with Crippen molar-refractivity contribution in [2.24, 2.45) is 5.73 Å². The lowest BCUT2D eigenvalue weighted by molar-refractivity contribution is 0.507. The fourth-order valence-corrected chi connectivity index (χ4v) is 4.46. The number of hydrogen-bond acceptors (Lipinski definition) is 4. The molecule has 4 rings (SSSR count). The van der Waals surface area contributed by atoms with Gasteiger partial charge in [-0.1, -0.05) is 6.07 Å². The summed E-state index contributed by atoms with van der Waals surface area (Å²) >= 11 is 0. The topological polar surface area (TPSA) is 64.2 Å². The maximum atomic E-state index is 13.5. The van der Waals surface area contributed by atoms with Crippen molar-refractivity contribution in [2.45, 2.75) is 23.8 Å². The van der Waals surface area contributed by atoms with Crippen LogP contribution in [0.2, 0.25) is 0 Å². The molecule has 2 N–H and O–H groups in total. The molecule has 1 aliphatic heterocycles. The van der Waals surface area contributed by atoms with Crippen LogP contribution < -0.4 is 10.6 Å². The van der Waals surface area contributed by atoms with Crippen molar-refractivity contribution in [1.82, 2.24) is 8.96 Å². The molecule has 0 amide bonds. The summed E-state index contributed by atoms with van der Waals surface area (Å²) in [4.78, 5) is 7.10. The van der Waals surface area contributed by atoms with Crippen LogP contribution in [0.15, 0.2) is 53.7 Å². The highest BCUT2D eigenvalue weighted by molar-refractivity contribution is 7.83. The Hall–Kier alpha value is -2.25. The van der Waals surface area contributed by atoms with Crippen LogP contribution in [0.5, 0.6) is 0 Å². The second kappa shape index (κ2) is 6.57. The number of benzene rings is 1. The largest absolute Gasteiger partial charge is 0.367 e. The summed E-state index contributed by atoms with van der Waals surface area (Å²) in [7, 11) is -1.55. The van der Waals surface area contributed by atoms with Crippen LogP contribution >= 0.6 is 0 Å². The number of halogens is 1. The summed E-state index contributed by atoms with van der Waals surface area (Å²) in [6.07, 6.45) is 5.60. The Morgan fingerprint density at radius 3 is 2.96 bits per heavy atom. The first kappa shape index (κ1) is 16.2. The van der Waals surface area contributed by atoms with Gasteiger partial charge in [0.2, 0.25) is 0 Å². The van der Waals surface area contributed by atoms with Crippen LogP contribution in [0.4, 0.5) is 10.1 Å². The van der Waals surface area contributed by atoms with Gasteiger partial charge in [0.15, 0.2) is 11.0 Å². The van der Waals surface area contributed by atoms with Gasteiger partial charge in [-0.15, -0.1) is 0 Å². The minimum Gasteiger partial charge on any atom is -0.367 e. The fourth-order valence-electron chi connectivity index (χ4n) is 3.30. The zero-order valence-electron chi connectivity index (χ0n) is 13.6. The first-order chi connectivity index (χ1) is 12.1. The number of rotatable bonds is 3. The van der Waals surface area contributed by atoms with E-state index in [0.29, 0.717) is 4.90 Å². The summed E-state index contributed by atoms with van der Waals surface area (Å²) in [6, 6.07) is 9.70. The third-order valence-electron chi connectivity index (χ3n) is 4.48. The van der Waals surface area contributed by atoms with Gasteiger partial charge >= 0.3 is 0 Å². The first-order valence-corrected chi connectivity index (χ1v) is 9.38. The van der Waals surface area contributed by atoms with Crippen LogP contribution in [0.25, 0.3) is 11.0 Å². The van der Waals surface area contributed by atoms with Crippen molar-refractivity contribution in [3.05, 3.63) is 54.6 Å². The Bertz CT molecular complexity index is 942. The molecule has 1 aliphatic rings. The number of nitrogens with two attached hydrogens (primary N) is 1. The maximum Gasteiger partial charge on any atom is 0.157 e. The molecule has 1 fully saturated rings. The van der Waals surface area contributed by atoms with Crippen molar-refractivity contribution in [3.8, 4) is 0 Å². The first-order valence-electron chi connectivity index (χ1n) is 8.28. The monoisotopic (exact) mass is 358 g/mol. The molecule has 0 aliphatic carbocycles. The molecule has 1 saturated heterocycles. The zero-order chi connectivity index (χ0) is 17.4. The summed E-state index contributed by atoms with van der Waals surface area (Å²) in [5.74, 6) is -0.400. The normalized spacial score (nSPS) is 19.3. The SMILES string of the molecule is NC1CCCN(c2cn(S(=O)c3cccc(F)c3)c3cccnc23)C1. The molecular weight excluding hydrogens is 339 g/mol. The lowest BCUT2D eigenvalue weighted by atomic mass is 10.1. The van der Waals surface area contributed by atoms with Gasteiger partial charge in [0.05, 0.1) is 16.1 Å². The molecule has 0 bridgehead atoms. The van der Waals surface area contributed by atoms with E-state index < -0.39 is 16.8 Å². The van der Waals surface area contributed by atoms with E-state index in [0.717, 1.165) is 42.7 Å². The van der Waals surface area contributed by atoms with Gasteiger partial charge in [-0.3, -0.25) is 8.96 Å². The van der Waals surface area contributed by atoms with E-state index in [1.165, 1.54) is 12.1 Å². The molecule has 3 aromatic rings. The van der Waals surface area contributed by atoms with Gasteiger partial charge in [0, 0.05) is 31.5 Å². The summed E-state index contributed by atoms with van der Waals surface area (Å²) in [5.41, 5.74) is 8.59. The number of pyridine rings is 1. The van der Waals surface area contributed by atoms with Crippen molar-refractivity contribution in [2.75, 3.05) is 18.0 Å². The predicted molar refractivity (Wildman–Crippen MR) is 97.4 cm³/mol. The van der Waals surface area contributed by atoms with Crippen molar-refractivity contribution in [3.63, 3.8) is 0 Å². The Morgan fingerprint density at radius 1 is 1.28 bits per heavy atom. The molecule has 2 aromatic heterocycles. The van der Waals surface area contributed by atoms with E-state index in [4.69, 9.17) is 5.73 Å². The highest BCUT2D eigenvalue weighted by atomic mass is 32.2. The van der Waals surface area contributed by atoms with Gasteiger partial charge in [-0.2, -0.15) is 0 Å². The average molecular weight is 358 g/mol. The average Bonchev–Trinajstić information content (AvgIpc) is 3.01. The predicted octanol–water partition coefficient (Wildman–Crippen LogP) is 2.67. The fraction of sp³-hybridized carbons (Fsp3) is 0.278. The van der Waals surface area contributed by atoms with Gasteiger partial charge in [0.1, 0.15) is 11.3 Å². The van der Waals surface area contributed by atoms with E-state index in [1.807, 2.05) is 18.3 Å². The quantitative estimate of drug-likeness (QED) is 0.782. The van der Waals surface area contributed by atoms with Gasteiger partial charge in [0.25, 0.3) is 0 Å². The number of piperidine rings is 1. The van der Waals surface area contributed by atoms with Crippen LogP contribution in [0.1, 0.15) is 12.8 Å². The Balaban J connectivity index is 1.81. The second-order valence-electron chi connectivity index (χ2n) is 6.27. The minimum absolute atomic E-state index is 0.129. The second-order valence-corrected chi connectivity index (χ2v) is 7.63. The van der Waals surface area contributed by atoms with Gasteiger partial charge in [-0.05, 0) is 43.2 Å². The standard InChI is InChI=1S/C18H19FN4OS/c19-13-4-1-6-15(10-13)25(24)23-12-17(18-16(23)7-2-8-21-18)22-9-3-5-14(20)11-22/h1-2,4,6-8,10,12,14H,3,5,9,11,20H2. The van der Waals surface area contributed by atoms with E-state index in [9.17, 15) is 8.60 Å². The molecule has 0 spiro atoms. The zero-order valence-corrected chi connectivity index (χ0v) is 14.5. The molecule has 5 nitrogen and oxygen atoms in total. The molecule has 3 heterocycles. The van der Waals surface area contributed by atoms with E-state index in [1.54, 1.807) is 22.3 Å². The van der Waals surface area contributed by atoms with Crippen molar-refractivity contribution >= 4 is 27.7 Å². The molecule has 0 saturated carbocycles. The third kappa shape index (κ3) is 3.05. The number of nitrogens with zero attached hydrogens (tertiary/aromatic N) is 3. The smallest absolute Gasteiger partial charge is 0.157 e. The van der Waals surface area contributed by atoms with Gasteiger partial charge < -0.3 is 10.6 Å². The Labute approximate surface area is 147 Å². The molecule has 130 valence electrons. The maximum absolute atomic E-state index is 13.5. The summed E-state index contributed by atoms with van der Waals surface area (Å²) in [6.45, 7) is 1.65. The third-order valence-corrected chi connectivity index (χ3v) is 5.80. The van der Waals surface area contributed by atoms with E-state index >= 15 is 0 Å². The van der Waals surface area contributed by atoms with Crippen molar-refractivity contribution in [1.29, 1.82) is 0 Å². The van der Waals surface area contributed by atoms with E-state index in [-0.39, 0.29) is 6.04 Å². The number of hydrogen-bond donors (Lipinski definition) is 1. The molecule has 2 atom stereocenters. The van der Waals surface area contributed by atoms with Crippen LogP contribution in [0.3, 0.4) is 0 Å². The van der Waals surface area contributed by atoms with Crippen LogP contribution in [-0.2, 0) is 11.0 Å². The van der Waals surface area contributed by atoms with Crippen LogP contribution in [0, 0.1) is 5.82 Å². The summed E-state index contributed by atoms with van der Waals surface area (Å²) in [5, 5.41) is 0. The van der Waals surface area contributed by atoms with Crippen LogP contribution in [-0.4, -0.2) is 32.3 Å². The number of aromatic nitrogens is 2. The highest BCUT2D eigenvalue weighted by Gasteiger charge is 2.23. The Morgan fingerprint density at radius 2 is 2.16 bits per heavy atom. The lowest BCUT2D eigenvalue weighted by Crippen LogP contribution is -2.42. The molecular formula is C18H19FN4OS. The molecule has 2 unspecified atom stereocenters. The minimum atomic E-state index is -1.55. The summed E-state index contributed by atoms with van der Waals surface area (Å²) < 4.78 is 28.2. The van der Waals surface area contributed by atoms with Gasteiger partial charge in [-0.25, -0.2) is 8.60 Å². The molecule has 25 heavy (non-hydrogen) atoms. The van der Waals surface area contributed by atoms with E-state index in [2.05, 4.69) is 9.88 Å². The number of anilines is 1. The molecule has 1 aromatic carbocycles. The highest BCUT2D eigenvalue weighted by Crippen LogP contribution is 2.31. The van der Waals surface area contributed by atoms with Crippen molar-refractivity contribution < 1.29 is 8.60 Å². The Kier molecular flexibility index (Phi) is 4.27.